The smallest absolute Gasteiger partial charge is 0.322 e. The van der Waals surface area contributed by atoms with Crippen molar-refractivity contribution in [3.63, 3.8) is 0 Å². The number of carboxylic acids is 1. The SMILES string of the molecule is O=C(C=C1C2CCCCCC12)NC[C@H](NC1CCCCC1)C(=O)O. The van der Waals surface area contributed by atoms with Gasteiger partial charge in [-0.05, 0) is 37.5 Å². The third kappa shape index (κ3) is 4.59. The van der Waals surface area contributed by atoms with E-state index >= 15 is 0 Å². The van der Waals surface area contributed by atoms with Gasteiger partial charge < -0.3 is 15.7 Å². The van der Waals surface area contributed by atoms with Gasteiger partial charge in [-0.25, -0.2) is 0 Å². The topological polar surface area (TPSA) is 78.4 Å². The van der Waals surface area contributed by atoms with Gasteiger partial charge in [-0.3, -0.25) is 9.59 Å². The molecule has 3 rings (SSSR count). The second-order valence-electron chi connectivity index (χ2n) is 7.63. The highest BCUT2D eigenvalue weighted by molar-refractivity contribution is 5.89. The fourth-order valence-corrected chi connectivity index (χ4v) is 4.44. The van der Waals surface area contributed by atoms with Crippen molar-refractivity contribution in [3.05, 3.63) is 11.6 Å². The maximum atomic E-state index is 12.1. The van der Waals surface area contributed by atoms with Crippen molar-refractivity contribution in [3.8, 4) is 0 Å². The van der Waals surface area contributed by atoms with Crippen LogP contribution in [0.15, 0.2) is 11.6 Å². The Morgan fingerprint density at radius 2 is 1.58 bits per heavy atom. The number of carbonyl (C=O) groups excluding carboxylic acids is 1. The van der Waals surface area contributed by atoms with Gasteiger partial charge in [-0.2, -0.15) is 0 Å². The molecule has 0 aromatic heterocycles. The number of carboxylic acid groups (broad SMARTS) is 1. The zero-order valence-corrected chi connectivity index (χ0v) is 14.4. The van der Waals surface area contributed by atoms with Crippen LogP contribution in [0.2, 0.25) is 0 Å². The Bertz CT molecular complexity index is 483. The van der Waals surface area contributed by atoms with Gasteiger partial charge >= 0.3 is 5.97 Å². The van der Waals surface area contributed by atoms with E-state index in [9.17, 15) is 14.7 Å². The number of nitrogens with one attached hydrogen (secondary N) is 2. The zero-order valence-electron chi connectivity index (χ0n) is 14.4. The molecule has 3 N–H and O–H groups in total. The largest absolute Gasteiger partial charge is 0.480 e. The van der Waals surface area contributed by atoms with Crippen molar-refractivity contribution in [2.75, 3.05) is 6.54 Å². The first-order valence-electron chi connectivity index (χ1n) is 9.63. The third-order valence-electron chi connectivity index (χ3n) is 5.88. The molecule has 3 atom stereocenters. The molecule has 5 nitrogen and oxygen atoms in total. The lowest BCUT2D eigenvalue weighted by molar-refractivity contribution is -0.139. The first kappa shape index (κ1) is 17.5. The van der Waals surface area contributed by atoms with E-state index in [-0.39, 0.29) is 18.5 Å². The lowest BCUT2D eigenvalue weighted by atomic mass is 9.95. The minimum atomic E-state index is -0.884. The van der Waals surface area contributed by atoms with E-state index in [1.165, 1.54) is 44.1 Å². The molecule has 0 aromatic rings. The predicted molar refractivity (Wildman–Crippen MR) is 92.6 cm³/mol. The van der Waals surface area contributed by atoms with Gasteiger partial charge in [0.15, 0.2) is 0 Å². The molecule has 0 radical (unpaired) electrons. The first-order chi connectivity index (χ1) is 11.6. The molecule has 1 amide bonds. The molecule has 0 spiro atoms. The molecule has 0 heterocycles. The number of carbonyl (C=O) groups is 2. The van der Waals surface area contributed by atoms with Gasteiger partial charge in [-0.15, -0.1) is 0 Å². The molecule has 24 heavy (non-hydrogen) atoms. The summed E-state index contributed by atoms with van der Waals surface area (Å²) in [7, 11) is 0. The number of rotatable bonds is 6. The monoisotopic (exact) mass is 334 g/mol. The van der Waals surface area contributed by atoms with Crippen LogP contribution in [0.3, 0.4) is 0 Å². The molecule has 3 aliphatic rings. The van der Waals surface area contributed by atoms with E-state index in [1.54, 1.807) is 6.08 Å². The lowest BCUT2D eigenvalue weighted by Gasteiger charge is -2.26. The van der Waals surface area contributed by atoms with Crippen LogP contribution in [0.1, 0.15) is 64.2 Å². The van der Waals surface area contributed by atoms with Crippen LogP contribution in [0, 0.1) is 11.8 Å². The van der Waals surface area contributed by atoms with Crippen molar-refractivity contribution in [2.24, 2.45) is 11.8 Å². The second kappa shape index (κ2) is 8.15. The summed E-state index contributed by atoms with van der Waals surface area (Å²) in [4.78, 5) is 23.6. The quantitative estimate of drug-likeness (QED) is 0.653. The molecule has 3 fully saturated rings. The van der Waals surface area contributed by atoms with Gasteiger partial charge in [0.1, 0.15) is 6.04 Å². The van der Waals surface area contributed by atoms with Crippen LogP contribution in [0.4, 0.5) is 0 Å². The molecule has 134 valence electrons. The van der Waals surface area contributed by atoms with Crippen LogP contribution in [0.5, 0.6) is 0 Å². The van der Waals surface area contributed by atoms with Crippen molar-refractivity contribution in [2.45, 2.75) is 76.3 Å². The highest BCUT2D eigenvalue weighted by Crippen LogP contribution is 2.53. The van der Waals surface area contributed by atoms with E-state index in [2.05, 4.69) is 10.6 Å². The predicted octanol–water partition coefficient (Wildman–Crippen LogP) is 2.61. The molecule has 0 bridgehead atoms. The Labute approximate surface area is 144 Å². The van der Waals surface area contributed by atoms with E-state index < -0.39 is 12.0 Å². The maximum Gasteiger partial charge on any atom is 0.322 e. The fraction of sp³-hybridized carbons (Fsp3) is 0.789. The van der Waals surface area contributed by atoms with Crippen LogP contribution >= 0.6 is 0 Å². The summed E-state index contributed by atoms with van der Waals surface area (Å²) in [6.07, 6.45) is 13.6. The highest BCUT2D eigenvalue weighted by atomic mass is 16.4. The molecule has 3 saturated carbocycles. The molecule has 0 aromatic carbocycles. The minimum Gasteiger partial charge on any atom is -0.480 e. The average molecular weight is 334 g/mol. The number of fused-ring (bicyclic) bond motifs is 1. The van der Waals surface area contributed by atoms with Gasteiger partial charge in [0, 0.05) is 18.7 Å². The van der Waals surface area contributed by atoms with Crippen LogP contribution in [-0.2, 0) is 9.59 Å². The summed E-state index contributed by atoms with van der Waals surface area (Å²) < 4.78 is 0. The zero-order chi connectivity index (χ0) is 16.9. The standard InChI is InChI=1S/C19H30N2O3/c22-18(11-16-14-9-5-2-6-10-15(14)16)20-12-17(19(23)24)21-13-7-3-1-4-8-13/h11,13-15,17,21H,1-10,12H2,(H,20,22)(H,23,24)/t14?,15?,17-/m0/s1. The molecule has 0 saturated heterocycles. The summed E-state index contributed by atoms with van der Waals surface area (Å²) in [5, 5.41) is 15.4. The van der Waals surface area contributed by atoms with Crippen LogP contribution < -0.4 is 10.6 Å². The van der Waals surface area contributed by atoms with Gasteiger partial charge in [0.25, 0.3) is 0 Å². The van der Waals surface area contributed by atoms with Crippen LogP contribution in [0.25, 0.3) is 0 Å². The molecular formula is C19H30N2O3. The van der Waals surface area contributed by atoms with Crippen molar-refractivity contribution in [1.82, 2.24) is 10.6 Å². The van der Waals surface area contributed by atoms with E-state index in [0.717, 1.165) is 25.7 Å². The van der Waals surface area contributed by atoms with Crippen LogP contribution in [-0.4, -0.2) is 35.6 Å². The number of amides is 1. The molecule has 3 aliphatic carbocycles. The minimum absolute atomic E-state index is 0.130. The third-order valence-corrected chi connectivity index (χ3v) is 5.88. The van der Waals surface area contributed by atoms with Gasteiger partial charge in [0.05, 0.1) is 0 Å². The molecule has 0 aliphatic heterocycles. The number of allylic oxidation sites excluding steroid dienone is 1. The maximum absolute atomic E-state index is 12.1. The van der Waals surface area contributed by atoms with Gasteiger partial charge in [0.2, 0.25) is 5.91 Å². The molecule has 2 unspecified atom stereocenters. The Kier molecular flexibility index (Phi) is 5.93. The first-order valence-corrected chi connectivity index (χ1v) is 9.63. The average Bonchev–Trinajstić information content (AvgIpc) is 3.28. The summed E-state index contributed by atoms with van der Waals surface area (Å²) in [6, 6.07) is -0.426. The Morgan fingerprint density at radius 3 is 2.17 bits per heavy atom. The van der Waals surface area contributed by atoms with E-state index in [4.69, 9.17) is 0 Å². The Morgan fingerprint density at radius 1 is 1.00 bits per heavy atom. The Hall–Kier alpha value is -1.36. The van der Waals surface area contributed by atoms with E-state index in [1.807, 2.05) is 0 Å². The molecular weight excluding hydrogens is 304 g/mol. The molecule has 5 heteroatoms. The number of hydrogen-bond acceptors (Lipinski definition) is 3. The lowest BCUT2D eigenvalue weighted by Crippen LogP contribution is -2.50. The van der Waals surface area contributed by atoms with Gasteiger partial charge in [-0.1, -0.05) is 44.1 Å². The normalized spacial score (nSPS) is 28.4. The van der Waals surface area contributed by atoms with Crippen molar-refractivity contribution >= 4 is 11.9 Å². The summed E-state index contributed by atoms with van der Waals surface area (Å²) in [5.74, 6) is 0.225. The number of hydrogen-bond donors (Lipinski definition) is 3. The second-order valence-corrected chi connectivity index (χ2v) is 7.63. The summed E-state index contributed by atoms with van der Waals surface area (Å²) >= 11 is 0. The van der Waals surface area contributed by atoms with E-state index in [0.29, 0.717) is 11.8 Å². The summed E-state index contributed by atoms with van der Waals surface area (Å²) in [5.41, 5.74) is 1.29. The Balaban J connectivity index is 1.46. The van der Waals surface area contributed by atoms with Crippen molar-refractivity contribution < 1.29 is 14.7 Å². The number of aliphatic carboxylic acids is 1. The van der Waals surface area contributed by atoms with Crippen molar-refractivity contribution in [1.29, 1.82) is 0 Å². The fourth-order valence-electron chi connectivity index (χ4n) is 4.44. The highest BCUT2D eigenvalue weighted by Gasteiger charge is 2.43. The summed E-state index contributed by atoms with van der Waals surface area (Å²) in [6.45, 7) is 0.157.